The molecule has 1 fully saturated rings. The molecule has 0 spiro atoms. The maximum Gasteiger partial charge on any atom is 0.321 e. The molecule has 20 heavy (non-hydrogen) atoms. The second-order valence-electron chi connectivity index (χ2n) is 5.16. The normalized spacial score (nSPS) is 16.6. The number of urea groups is 1. The van der Waals surface area contributed by atoms with Crippen molar-refractivity contribution < 1.29 is 9.59 Å². The topological polar surface area (TPSA) is 73.5 Å². The Kier molecular flexibility index (Phi) is 7.91. The molecule has 6 heteroatoms. The second kappa shape index (κ2) is 9.50. The molecule has 1 aliphatic rings. The Bertz CT molecular complexity index is 325. The standard InChI is InChI=1S/C14H26N4O2/c1-3-7-16-14(20)17-13(19)11-18-9-5-12(6-10-18)4-8-15-2/h3,12,15H,1,4-11H2,2H3,(H2,16,17,19,20). The predicted molar refractivity (Wildman–Crippen MR) is 79.4 cm³/mol. The van der Waals surface area contributed by atoms with E-state index in [-0.39, 0.29) is 5.91 Å². The minimum atomic E-state index is -0.459. The van der Waals surface area contributed by atoms with Gasteiger partial charge in [-0.15, -0.1) is 6.58 Å². The molecule has 0 aromatic carbocycles. The Morgan fingerprint density at radius 3 is 2.65 bits per heavy atom. The molecule has 3 N–H and O–H groups in total. The minimum Gasteiger partial charge on any atom is -0.334 e. The van der Waals surface area contributed by atoms with Crippen LogP contribution in [0.4, 0.5) is 4.79 Å². The Morgan fingerprint density at radius 1 is 1.35 bits per heavy atom. The largest absolute Gasteiger partial charge is 0.334 e. The Hall–Kier alpha value is -1.40. The lowest BCUT2D eigenvalue weighted by molar-refractivity contribution is -0.121. The minimum absolute atomic E-state index is 0.250. The third-order valence-electron chi connectivity index (χ3n) is 3.54. The van der Waals surface area contributed by atoms with Crippen molar-refractivity contribution >= 4 is 11.9 Å². The molecule has 6 nitrogen and oxygen atoms in total. The molecule has 0 radical (unpaired) electrons. The fourth-order valence-electron chi connectivity index (χ4n) is 2.36. The van der Waals surface area contributed by atoms with Crippen molar-refractivity contribution in [1.82, 2.24) is 20.9 Å². The first-order valence-electron chi connectivity index (χ1n) is 7.21. The zero-order valence-corrected chi connectivity index (χ0v) is 12.3. The number of imide groups is 1. The average molecular weight is 282 g/mol. The van der Waals surface area contributed by atoms with Crippen LogP contribution in [0.3, 0.4) is 0 Å². The van der Waals surface area contributed by atoms with E-state index >= 15 is 0 Å². The highest BCUT2D eigenvalue weighted by Crippen LogP contribution is 2.19. The summed E-state index contributed by atoms with van der Waals surface area (Å²) >= 11 is 0. The highest BCUT2D eigenvalue weighted by Gasteiger charge is 2.20. The van der Waals surface area contributed by atoms with Crippen molar-refractivity contribution in [1.29, 1.82) is 0 Å². The van der Waals surface area contributed by atoms with E-state index in [1.807, 2.05) is 7.05 Å². The molecular weight excluding hydrogens is 256 g/mol. The summed E-state index contributed by atoms with van der Waals surface area (Å²) in [6.07, 6.45) is 5.01. The molecule has 0 aliphatic carbocycles. The summed E-state index contributed by atoms with van der Waals surface area (Å²) in [6, 6.07) is -0.459. The quantitative estimate of drug-likeness (QED) is 0.588. The predicted octanol–water partition coefficient (Wildman–Crippen LogP) is 0.320. The van der Waals surface area contributed by atoms with Gasteiger partial charge in [0.2, 0.25) is 5.91 Å². The number of likely N-dealkylation sites (tertiary alicyclic amines) is 1. The van der Waals surface area contributed by atoms with Gasteiger partial charge >= 0.3 is 6.03 Å². The number of carbonyl (C=O) groups is 2. The number of nitrogens with one attached hydrogen (secondary N) is 3. The molecule has 0 bridgehead atoms. The Balaban J connectivity index is 2.17. The zero-order valence-electron chi connectivity index (χ0n) is 12.3. The van der Waals surface area contributed by atoms with Crippen LogP contribution in [0.1, 0.15) is 19.3 Å². The van der Waals surface area contributed by atoms with Crippen LogP contribution in [0, 0.1) is 5.92 Å². The van der Waals surface area contributed by atoms with Gasteiger partial charge in [0.1, 0.15) is 0 Å². The maximum absolute atomic E-state index is 11.7. The van der Waals surface area contributed by atoms with E-state index in [0.717, 1.165) is 38.4 Å². The number of hydrogen-bond donors (Lipinski definition) is 3. The summed E-state index contributed by atoms with van der Waals surface area (Å²) in [7, 11) is 1.97. The molecule has 0 aromatic rings. The molecule has 114 valence electrons. The molecule has 1 aliphatic heterocycles. The smallest absolute Gasteiger partial charge is 0.321 e. The third kappa shape index (κ3) is 6.68. The molecule has 0 atom stereocenters. The molecule has 3 amide bonds. The summed E-state index contributed by atoms with van der Waals surface area (Å²) in [5, 5.41) is 8.00. The Labute approximate surface area is 121 Å². The van der Waals surface area contributed by atoms with Crippen LogP contribution >= 0.6 is 0 Å². The molecule has 0 aromatic heterocycles. The lowest BCUT2D eigenvalue weighted by atomic mass is 9.93. The number of carbonyl (C=O) groups excluding carboxylic acids is 2. The van der Waals surface area contributed by atoms with E-state index in [1.54, 1.807) is 6.08 Å². The molecule has 0 saturated carbocycles. The molecule has 1 rings (SSSR count). The van der Waals surface area contributed by atoms with Crippen molar-refractivity contribution in [3.63, 3.8) is 0 Å². The van der Waals surface area contributed by atoms with Crippen LogP contribution in [-0.2, 0) is 4.79 Å². The van der Waals surface area contributed by atoms with Crippen molar-refractivity contribution in [2.75, 3.05) is 39.8 Å². The van der Waals surface area contributed by atoms with E-state index in [0.29, 0.717) is 13.1 Å². The number of piperidine rings is 1. The van der Waals surface area contributed by atoms with E-state index in [4.69, 9.17) is 0 Å². The van der Waals surface area contributed by atoms with Crippen LogP contribution in [0.15, 0.2) is 12.7 Å². The van der Waals surface area contributed by atoms with E-state index in [1.165, 1.54) is 6.42 Å². The number of amides is 3. The SMILES string of the molecule is C=CCNC(=O)NC(=O)CN1CCC(CCNC)CC1. The lowest BCUT2D eigenvalue weighted by Gasteiger charge is -2.31. The first kappa shape index (κ1) is 16.7. The van der Waals surface area contributed by atoms with Gasteiger partial charge in [0.15, 0.2) is 0 Å². The van der Waals surface area contributed by atoms with E-state index < -0.39 is 6.03 Å². The van der Waals surface area contributed by atoms with Crippen LogP contribution in [-0.4, -0.2) is 56.6 Å². The molecule has 0 unspecified atom stereocenters. The van der Waals surface area contributed by atoms with Crippen LogP contribution < -0.4 is 16.0 Å². The van der Waals surface area contributed by atoms with Gasteiger partial charge in [-0.3, -0.25) is 15.0 Å². The van der Waals surface area contributed by atoms with Crippen LogP contribution in [0.5, 0.6) is 0 Å². The van der Waals surface area contributed by atoms with Gasteiger partial charge in [0.05, 0.1) is 6.54 Å². The third-order valence-corrected chi connectivity index (χ3v) is 3.54. The molecule has 1 saturated heterocycles. The van der Waals surface area contributed by atoms with Crippen molar-refractivity contribution in [3.05, 3.63) is 12.7 Å². The van der Waals surface area contributed by atoms with Gasteiger partial charge in [-0.05, 0) is 51.9 Å². The number of nitrogens with zero attached hydrogens (tertiary/aromatic N) is 1. The average Bonchev–Trinajstić information content (AvgIpc) is 2.44. The highest BCUT2D eigenvalue weighted by atomic mass is 16.2. The van der Waals surface area contributed by atoms with E-state index in [2.05, 4.69) is 27.4 Å². The van der Waals surface area contributed by atoms with Crippen molar-refractivity contribution in [2.24, 2.45) is 5.92 Å². The summed E-state index contributed by atoms with van der Waals surface area (Å²) < 4.78 is 0. The second-order valence-corrected chi connectivity index (χ2v) is 5.16. The van der Waals surface area contributed by atoms with Crippen molar-refractivity contribution in [2.45, 2.75) is 19.3 Å². The first-order chi connectivity index (χ1) is 9.65. The fraction of sp³-hybridized carbons (Fsp3) is 0.714. The van der Waals surface area contributed by atoms with Gasteiger partial charge < -0.3 is 10.6 Å². The van der Waals surface area contributed by atoms with Crippen LogP contribution in [0.25, 0.3) is 0 Å². The summed E-state index contributed by atoms with van der Waals surface area (Å²) in [6.45, 7) is 7.05. The molecular formula is C14H26N4O2. The van der Waals surface area contributed by atoms with Crippen LogP contribution in [0.2, 0.25) is 0 Å². The lowest BCUT2D eigenvalue weighted by Crippen LogP contribution is -2.46. The number of rotatable bonds is 7. The first-order valence-corrected chi connectivity index (χ1v) is 7.21. The van der Waals surface area contributed by atoms with Gasteiger partial charge in [-0.25, -0.2) is 4.79 Å². The summed E-state index contributed by atoms with van der Waals surface area (Å²) in [4.78, 5) is 25.1. The zero-order chi connectivity index (χ0) is 14.8. The number of hydrogen-bond acceptors (Lipinski definition) is 4. The monoisotopic (exact) mass is 282 g/mol. The molecule has 1 heterocycles. The highest BCUT2D eigenvalue weighted by molar-refractivity contribution is 5.95. The summed E-state index contributed by atoms with van der Waals surface area (Å²) in [5.74, 6) is 0.498. The van der Waals surface area contributed by atoms with Gasteiger partial charge in [0, 0.05) is 6.54 Å². The maximum atomic E-state index is 11.7. The van der Waals surface area contributed by atoms with Gasteiger partial charge in [-0.2, -0.15) is 0 Å². The summed E-state index contributed by atoms with van der Waals surface area (Å²) in [5.41, 5.74) is 0. The van der Waals surface area contributed by atoms with E-state index in [9.17, 15) is 9.59 Å². The Morgan fingerprint density at radius 2 is 2.05 bits per heavy atom. The van der Waals surface area contributed by atoms with Gasteiger partial charge in [-0.1, -0.05) is 6.08 Å². The van der Waals surface area contributed by atoms with Crippen molar-refractivity contribution in [3.8, 4) is 0 Å². The van der Waals surface area contributed by atoms with Gasteiger partial charge in [0.25, 0.3) is 0 Å². The fourth-order valence-corrected chi connectivity index (χ4v) is 2.36.